The Hall–Kier alpha value is -2.25. The van der Waals surface area contributed by atoms with Crippen LogP contribution in [0.25, 0.3) is 0 Å². The minimum atomic E-state index is -0.343. The summed E-state index contributed by atoms with van der Waals surface area (Å²) < 4.78 is 13.1. The Bertz CT molecular complexity index is 644. The van der Waals surface area contributed by atoms with Crippen LogP contribution >= 0.6 is 11.3 Å². The van der Waals surface area contributed by atoms with Crippen LogP contribution in [0.5, 0.6) is 0 Å². The van der Waals surface area contributed by atoms with Crippen LogP contribution in [0.15, 0.2) is 41.8 Å². The molecule has 1 heterocycles. The number of hydrogen-bond donors (Lipinski definition) is 3. The zero-order chi connectivity index (χ0) is 16.7. The van der Waals surface area contributed by atoms with E-state index in [2.05, 4.69) is 16.0 Å². The normalized spacial score (nSPS) is 11.7. The maximum absolute atomic E-state index is 13.1. The average Bonchev–Trinajstić information content (AvgIpc) is 3.07. The summed E-state index contributed by atoms with van der Waals surface area (Å²) >= 11 is 1.51. The smallest absolute Gasteiger partial charge is 0.234 e. The van der Waals surface area contributed by atoms with E-state index in [9.17, 15) is 14.0 Å². The second-order valence-electron chi connectivity index (χ2n) is 4.84. The topological polar surface area (TPSA) is 70.2 Å². The number of carbonyl (C=O) groups is 2. The fourth-order valence-corrected chi connectivity index (χ4v) is 2.82. The molecule has 122 valence electrons. The van der Waals surface area contributed by atoms with Gasteiger partial charge >= 0.3 is 0 Å². The van der Waals surface area contributed by atoms with Gasteiger partial charge in [-0.2, -0.15) is 0 Å². The fourth-order valence-electron chi connectivity index (χ4n) is 2.02. The van der Waals surface area contributed by atoms with Crippen LogP contribution in [0.2, 0.25) is 0 Å². The van der Waals surface area contributed by atoms with Crippen molar-refractivity contribution in [2.45, 2.75) is 6.04 Å². The van der Waals surface area contributed by atoms with E-state index in [4.69, 9.17) is 0 Å². The van der Waals surface area contributed by atoms with E-state index in [1.165, 1.54) is 30.5 Å². The van der Waals surface area contributed by atoms with E-state index in [1.54, 1.807) is 12.1 Å². The van der Waals surface area contributed by atoms with Crippen molar-refractivity contribution in [1.29, 1.82) is 0 Å². The Morgan fingerprint density at radius 1 is 1.13 bits per heavy atom. The third-order valence-corrected chi connectivity index (χ3v) is 4.12. The summed E-state index contributed by atoms with van der Waals surface area (Å²) in [5, 5.41) is 10.1. The summed E-state index contributed by atoms with van der Waals surface area (Å²) in [5.41, 5.74) is 0.800. The van der Waals surface area contributed by atoms with Crippen molar-refractivity contribution in [3.63, 3.8) is 0 Å². The Morgan fingerprint density at radius 2 is 1.83 bits per heavy atom. The molecule has 2 rings (SSSR count). The zero-order valence-electron chi connectivity index (χ0n) is 12.6. The van der Waals surface area contributed by atoms with Gasteiger partial charge < -0.3 is 10.6 Å². The fraction of sp³-hybridized carbons (Fsp3) is 0.250. The second kappa shape index (κ2) is 8.40. The quantitative estimate of drug-likeness (QED) is 0.717. The average molecular weight is 335 g/mol. The first kappa shape index (κ1) is 17.1. The molecule has 1 aromatic heterocycles. The Balaban J connectivity index is 2.02. The summed E-state index contributed by atoms with van der Waals surface area (Å²) in [7, 11) is 1.53. The van der Waals surface area contributed by atoms with E-state index >= 15 is 0 Å². The molecule has 1 atom stereocenters. The van der Waals surface area contributed by atoms with Gasteiger partial charge in [-0.25, -0.2) is 4.39 Å². The van der Waals surface area contributed by atoms with Gasteiger partial charge in [-0.15, -0.1) is 11.3 Å². The first-order valence-corrected chi connectivity index (χ1v) is 7.97. The van der Waals surface area contributed by atoms with Crippen molar-refractivity contribution in [3.8, 4) is 0 Å². The summed E-state index contributed by atoms with van der Waals surface area (Å²) in [6.07, 6.45) is 0. The molecule has 5 nitrogen and oxygen atoms in total. The molecule has 2 aromatic rings. The molecule has 0 aliphatic carbocycles. The van der Waals surface area contributed by atoms with E-state index < -0.39 is 0 Å². The van der Waals surface area contributed by atoms with Gasteiger partial charge in [-0.1, -0.05) is 18.2 Å². The van der Waals surface area contributed by atoms with Crippen molar-refractivity contribution in [2.75, 3.05) is 20.1 Å². The highest BCUT2D eigenvalue weighted by Gasteiger charge is 2.17. The number of rotatable bonds is 7. The van der Waals surface area contributed by atoms with Gasteiger partial charge in [0.25, 0.3) is 0 Å². The summed E-state index contributed by atoms with van der Waals surface area (Å²) in [4.78, 5) is 24.2. The number of halogens is 1. The minimum absolute atomic E-state index is 0.0243. The van der Waals surface area contributed by atoms with Gasteiger partial charge in [-0.05, 0) is 29.1 Å². The summed E-state index contributed by atoms with van der Waals surface area (Å²) in [5.74, 6) is -0.750. The number of likely N-dealkylation sites (N-methyl/N-ethyl adjacent to an activating group) is 1. The lowest BCUT2D eigenvalue weighted by atomic mass is 10.1. The molecule has 0 unspecified atom stereocenters. The molecule has 0 aliphatic rings. The molecule has 23 heavy (non-hydrogen) atoms. The molecule has 0 spiro atoms. The number of amides is 2. The Morgan fingerprint density at radius 3 is 2.43 bits per heavy atom. The third kappa shape index (κ3) is 5.15. The SMILES string of the molecule is CNC(=O)CNCC(=O)N[C@@H](c1ccc(F)cc1)c1cccs1. The standard InChI is InChI=1S/C16H18FN3O2S/c1-18-14(21)9-19-10-15(22)20-16(13-3-2-8-23-13)11-4-6-12(17)7-5-11/h2-8,16,19H,9-10H2,1H3,(H,18,21)(H,20,22)/t16-/m0/s1. The van der Waals surface area contributed by atoms with Gasteiger partial charge in [-0.3, -0.25) is 14.9 Å². The lowest BCUT2D eigenvalue weighted by Crippen LogP contribution is -2.40. The second-order valence-corrected chi connectivity index (χ2v) is 5.82. The van der Waals surface area contributed by atoms with E-state index in [0.717, 1.165) is 10.4 Å². The number of hydrogen-bond acceptors (Lipinski definition) is 4. The molecule has 0 fully saturated rings. The molecule has 0 bridgehead atoms. The molecule has 3 N–H and O–H groups in total. The van der Waals surface area contributed by atoms with Gasteiger partial charge in [0.05, 0.1) is 19.1 Å². The predicted molar refractivity (Wildman–Crippen MR) is 87.6 cm³/mol. The largest absolute Gasteiger partial charge is 0.358 e. The van der Waals surface area contributed by atoms with Gasteiger partial charge in [0.1, 0.15) is 5.82 Å². The maximum Gasteiger partial charge on any atom is 0.234 e. The van der Waals surface area contributed by atoms with E-state index in [-0.39, 0.29) is 36.8 Å². The summed E-state index contributed by atoms with van der Waals surface area (Å²) in [6, 6.07) is 9.50. The van der Waals surface area contributed by atoms with Crippen LogP contribution in [-0.4, -0.2) is 32.0 Å². The Kier molecular flexibility index (Phi) is 6.25. The third-order valence-electron chi connectivity index (χ3n) is 3.19. The van der Waals surface area contributed by atoms with E-state index in [0.29, 0.717) is 0 Å². The van der Waals surface area contributed by atoms with Crippen LogP contribution in [0, 0.1) is 5.82 Å². The van der Waals surface area contributed by atoms with Crippen molar-refractivity contribution in [3.05, 3.63) is 58.0 Å². The van der Waals surface area contributed by atoms with Gasteiger partial charge in [0.2, 0.25) is 11.8 Å². The Labute approximate surface area is 137 Å². The lowest BCUT2D eigenvalue weighted by Gasteiger charge is -2.18. The first-order chi connectivity index (χ1) is 11.1. The van der Waals surface area contributed by atoms with E-state index in [1.807, 2.05) is 17.5 Å². The molecular formula is C16H18FN3O2S. The van der Waals surface area contributed by atoms with Crippen LogP contribution in [0.1, 0.15) is 16.5 Å². The number of nitrogens with one attached hydrogen (secondary N) is 3. The highest BCUT2D eigenvalue weighted by Crippen LogP contribution is 2.26. The molecule has 0 saturated heterocycles. The van der Waals surface area contributed by atoms with Crippen LogP contribution in [-0.2, 0) is 9.59 Å². The van der Waals surface area contributed by atoms with Gasteiger partial charge in [0, 0.05) is 11.9 Å². The maximum atomic E-state index is 13.1. The molecule has 1 aromatic carbocycles. The van der Waals surface area contributed by atoms with Crippen molar-refractivity contribution in [2.24, 2.45) is 0 Å². The van der Waals surface area contributed by atoms with Crippen LogP contribution in [0.4, 0.5) is 4.39 Å². The van der Waals surface area contributed by atoms with Crippen LogP contribution in [0.3, 0.4) is 0 Å². The first-order valence-electron chi connectivity index (χ1n) is 7.09. The highest BCUT2D eigenvalue weighted by atomic mass is 32.1. The molecule has 2 amide bonds. The minimum Gasteiger partial charge on any atom is -0.358 e. The van der Waals surface area contributed by atoms with Gasteiger partial charge in [0.15, 0.2) is 0 Å². The predicted octanol–water partition coefficient (Wildman–Crippen LogP) is 1.43. The highest BCUT2D eigenvalue weighted by molar-refractivity contribution is 7.10. The zero-order valence-corrected chi connectivity index (χ0v) is 13.5. The number of thiophene rings is 1. The molecule has 0 saturated carbocycles. The molecule has 0 aliphatic heterocycles. The van der Waals surface area contributed by atoms with Crippen molar-refractivity contribution < 1.29 is 14.0 Å². The van der Waals surface area contributed by atoms with Crippen LogP contribution < -0.4 is 16.0 Å². The molecule has 7 heteroatoms. The molecule has 0 radical (unpaired) electrons. The molecular weight excluding hydrogens is 317 g/mol. The monoisotopic (exact) mass is 335 g/mol. The summed E-state index contributed by atoms with van der Waals surface area (Å²) in [6.45, 7) is 0.0978. The number of carbonyl (C=O) groups excluding carboxylic acids is 2. The number of benzene rings is 1. The van der Waals surface area contributed by atoms with Crippen molar-refractivity contribution >= 4 is 23.2 Å². The lowest BCUT2D eigenvalue weighted by molar-refractivity contribution is -0.121. The van der Waals surface area contributed by atoms with Crippen molar-refractivity contribution in [1.82, 2.24) is 16.0 Å².